The first kappa shape index (κ1) is 18.8. The Morgan fingerprint density at radius 1 is 1.11 bits per heavy atom. The van der Waals surface area contributed by atoms with Crippen LogP contribution in [0.1, 0.15) is 44.1 Å². The Bertz CT molecular complexity index is 770. The molecule has 1 N–H and O–H groups in total. The summed E-state index contributed by atoms with van der Waals surface area (Å²) in [5, 5.41) is 2.94. The maximum absolute atomic E-state index is 12.9. The second-order valence-electron chi connectivity index (χ2n) is 8.18. The van der Waals surface area contributed by atoms with Gasteiger partial charge in [-0.3, -0.25) is 14.5 Å². The Kier molecular flexibility index (Phi) is 5.00. The van der Waals surface area contributed by atoms with E-state index in [0.29, 0.717) is 26.1 Å². The van der Waals surface area contributed by atoms with Gasteiger partial charge in [0.05, 0.1) is 7.11 Å². The van der Waals surface area contributed by atoms with E-state index in [1.54, 1.807) is 12.0 Å². The predicted octanol–water partition coefficient (Wildman–Crippen LogP) is 2.30. The van der Waals surface area contributed by atoms with E-state index in [1.807, 2.05) is 24.3 Å². The van der Waals surface area contributed by atoms with Crippen LogP contribution >= 0.6 is 0 Å². The lowest BCUT2D eigenvalue weighted by atomic mass is 9.81. The van der Waals surface area contributed by atoms with Crippen molar-refractivity contribution in [3.05, 3.63) is 29.8 Å². The third-order valence-electron chi connectivity index (χ3n) is 6.22. The number of nitrogens with one attached hydrogen (secondary N) is 1. The van der Waals surface area contributed by atoms with E-state index in [-0.39, 0.29) is 23.8 Å². The quantitative estimate of drug-likeness (QED) is 0.789. The molecule has 4 rings (SSSR count). The van der Waals surface area contributed by atoms with Gasteiger partial charge in [-0.05, 0) is 30.5 Å². The molecule has 1 aromatic rings. The van der Waals surface area contributed by atoms with Crippen LogP contribution in [0.5, 0.6) is 5.75 Å². The summed E-state index contributed by atoms with van der Waals surface area (Å²) < 4.78 is 5.16. The number of hydrogen-bond acceptors (Lipinski definition) is 4. The zero-order valence-corrected chi connectivity index (χ0v) is 16.3. The van der Waals surface area contributed by atoms with E-state index in [0.717, 1.165) is 43.4 Å². The molecule has 7 heteroatoms. The summed E-state index contributed by atoms with van der Waals surface area (Å²) in [6.45, 7) is 1.41. The fraction of sp³-hybridized carbons (Fsp3) is 0.571. The van der Waals surface area contributed by atoms with Crippen molar-refractivity contribution in [3.63, 3.8) is 0 Å². The van der Waals surface area contributed by atoms with Crippen LogP contribution in [0, 0.1) is 5.92 Å². The van der Waals surface area contributed by atoms with Gasteiger partial charge in [0, 0.05) is 32.0 Å². The zero-order chi connectivity index (χ0) is 19.7. The van der Waals surface area contributed by atoms with Crippen LogP contribution in [0.4, 0.5) is 4.79 Å². The number of nitrogens with zero attached hydrogens (tertiary/aromatic N) is 2. The first-order valence-electron chi connectivity index (χ1n) is 10.1. The second-order valence-corrected chi connectivity index (χ2v) is 8.18. The summed E-state index contributed by atoms with van der Waals surface area (Å²) in [4.78, 5) is 41.0. The van der Waals surface area contributed by atoms with Crippen LogP contribution in [0.25, 0.3) is 0 Å². The van der Waals surface area contributed by atoms with E-state index >= 15 is 0 Å². The second kappa shape index (κ2) is 7.45. The van der Waals surface area contributed by atoms with Crippen molar-refractivity contribution in [1.82, 2.24) is 15.1 Å². The molecule has 0 bridgehead atoms. The average Bonchev–Trinajstić information content (AvgIpc) is 3.15. The molecular formula is C21H27N3O4. The van der Waals surface area contributed by atoms with Crippen molar-refractivity contribution >= 4 is 17.8 Å². The number of ether oxygens (including phenoxy) is 1. The van der Waals surface area contributed by atoms with Crippen molar-refractivity contribution in [3.8, 4) is 5.75 Å². The molecule has 1 spiro atoms. The van der Waals surface area contributed by atoms with Gasteiger partial charge in [0.25, 0.3) is 5.91 Å². The maximum Gasteiger partial charge on any atom is 0.325 e. The number of benzene rings is 1. The third-order valence-corrected chi connectivity index (χ3v) is 6.22. The van der Waals surface area contributed by atoms with Gasteiger partial charge in [-0.1, -0.05) is 31.4 Å². The first-order chi connectivity index (χ1) is 13.5. The molecular weight excluding hydrogens is 358 g/mol. The fourth-order valence-electron chi connectivity index (χ4n) is 4.67. The Labute approximate surface area is 165 Å². The van der Waals surface area contributed by atoms with Crippen LogP contribution in [-0.4, -0.2) is 53.4 Å². The van der Waals surface area contributed by atoms with Crippen molar-refractivity contribution in [1.29, 1.82) is 0 Å². The van der Waals surface area contributed by atoms with Crippen LogP contribution < -0.4 is 10.1 Å². The average molecular weight is 385 g/mol. The van der Waals surface area contributed by atoms with Gasteiger partial charge in [-0.2, -0.15) is 0 Å². The molecule has 28 heavy (non-hydrogen) atoms. The monoisotopic (exact) mass is 385 g/mol. The highest BCUT2D eigenvalue weighted by Crippen LogP contribution is 2.34. The number of carbonyl (C=O) groups is 3. The third kappa shape index (κ3) is 3.45. The summed E-state index contributed by atoms with van der Waals surface area (Å²) in [6, 6.07) is 7.36. The smallest absolute Gasteiger partial charge is 0.325 e. The highest BCUT2D eigenvalue weighted by atomic mass is 16.5. The summed E-state index contributed by atoms with van der Waals surface area (Å²) in [6.07, 6.45) is 4.87. The van der Waals surface area contributed by atoms with E-state index in [2.05, 4.69) is 5.32 Å². The van der Waals surface area contributed by atoms with E-state index in [9.17, 15) is 14.4 Å². The number of methoxy groups -OCH3 is 1. The van der Waals surface area contributed by atoms with Gasteiger partial charge in [-0.15, -0.1) is 0 Å². The lowest BCUT2D eigenvalue weighted by molar-refractivity contribution is -0.133. The number of amides is 4. The molecule has 150 valence electrons. The number of hydrogen-bond donors (Lipinski definition) is 1. The zero-order valence-electron chi connectivity index (χ0n) is 16.3. The van der Waals surface area contributed by atoms with Crippen LogP contribution in [0.3, 0.4) is 0 Å². The van der Waals surface area contributed by atoms with Crippen molar-refractivity contribution < 1.29 is 19.1 Å². The van der Waals surface area contributed by atoms with Gasteiger partial charge in [0.2, 0.25) is 5.91 Å². The van der Waals surface area contributed by atoms with Gasteiger partial charge in [0.15, 0.2) is 0 Å². The van der Waals surface area contributed by atoms with E-state index in [1.165, 1.54) is 4.90 Å². The SMILES string of the molecule is COc1ccc(CN2CC(CN3C(=O)NC4(CCCCC4)C3=O)CC2=O)cc1. The minimum absolute atomic E-state index is 0.0146. The highest BCUT2D eigenvalue weighted by Gasteiger charge is 2.52. The lowest BCUT2D eigenvalue weighted by Crippen LogP contribution is -2.48. The molecule has 1 unspecified atom stereocenters. The molecule has 0 aromatic heterocycles. The standard InChI is InChI=1S/C21H27N3O4/c1-28-17-7-5-15(6-8-17)12-23-13-16(11-18(23)25)14-24-19(26)21(22-20(24)27)9-3-2-4-10-21/h5-8,16H,2-4,9-14H2,1H3,(H,22,27). The fourth-order valence-corrected chi connectivity index (χ4v) is 4.67. The molecule has 7 nitrogen and oxygen atoms in total. The molecule has 3 aliphatic rings. The molecule has 1 aromatic carbocycles. The summed E-state index contributed by atoms with van der Waals surface area (Å²) in [5.41, 5.74) is 0.340. The minimum Gasteiger partial charge on any atom is -0.497 e. The van der Waals surface area contributed by atoms with Crippen molar-refractivity contribution in [2.75, 3.05) is 20.2 Å². The van der Waals surface area contributed by atoms with Crippen LogP contribution in [-0.2, 0) is 16.1 Å². The molecule has 0 radical (unpaired) electrons. The largest absolute Gasteiger partial charge is 0.497 e. The topological polar surface area (TPSA) is 79.0 Å². The van der Waals surface area contributed by atoms with Gasteiger partial charge < -0.3 is 15.0 Å². The number of rotatable bonds is 5. The highest BCUT2D eigenvalue weighted by molar-refractivity contribution is 6.07. The van der Waals surface area contributed by atoms with Crippen molar-refractivity contribution in [2.24, 2.45) is 5.92 Å². The molecule has 3 fully saturated rings. The summed E-state index contributed by atoms with van der Waals surface area (Å²) in [7, 11) is 1.62. The van der Waals surface area contributed by atoms with Gasteiger partial charge in [0.1, 0.15) is 11.3 Å². The Morgan fingerprint density at radius 2 is 1.82 bits per heavy atom. The Balaban J connectivity index is 1.37. The number of likely N-dealkylation sites (tertiary alicyclic amines) is 1. The van der Waals surface area contributed by atoms with E-state index in [4.69, 9.17) is 4.74 Å². The van der Waals surface area contributed by atoms with Crippen LogP contribution in [0.15, 0.2) is 24.3 Å². The lowest BCUT2D eigenvalue weighted by Gasteiger charge is -2.30. The maximum atomic E-state index is 12.9. The molecule has 2 heterocycles. The van der Waals surface area contributed by atoms with Gasteiger partial charge in [-0.25, -0.2) is 4.79 Å². The van der Waals surface area contributed by atoms with Crippen LogP contribution in [0.2, 0.25) is 0 Å². The molecule has 4 amide bonds. The normalized spacial score (nSPS) is 24.2. The number of urea groups is 1. The Hall–Kier alpha value is -2.57. The van der Waals surface area contributed by atoms with Gasteiger partial charge >= 0.3 is 6.03 Å². The van der Waals surface area contributed by atoms with Crippen molar-refractivity contribution in [2.45, 2.75) is 50.6 Å². The molecule has 2 aliphatic heterocycles. The minimum atomic E-state index is -0.694. The molecule has 1 aliphatic carbocycles. The molecule has 2 saturated heterocycles. The predicted molar refractivity (Wildman–Crippen MR) is 103 cm³/mol. The van der Waals surface area contributed by atoms with E-state index < -0.39 is 5.54 Å². The summed E-state index contributed by atoms with van der Waals surface area (Å²) in [5.74, 6) is 0.738. The Morgan fingerprint density at radius 3 is 2.50 bits per heavy atom. The molecule has 1 saturated carbocycles. The first-order valence-corrected chi connectivity index (χ1v) is 10.1. The molecule has 1 atom stereocenters. The summed E-state index contributed by atoms with van der Waals surface area (Å²) >= 11 is 0. The number of carbonyl (C=O) groups excluding carboxylic acids is 3. The number of imide groups is 1.